The molecule has 0 radical (unpaired) electrons. The monoisotopic (exact) mass is 288 g/mol. The molecule has 0 spiro atoms. The van der Waals surface area contributed by atoms with Gasteiger partial charge in [-0.25, -0.2) is 0 Å². The zero-order valence-electron chi connectivity index (χ0n) is 13.0. The average molecular weight is 288 g/mol. The van der Waals surface area contributed by atoms with Gasteiger partial charge in [-0.3, -0.25) is 9.71 Å². The smallest absolute Gasteiger partial charge is 0.0450 e. The van der Waals surface area contributed by atoms with Gasteiger partial charge in [-0.05, 0) is 56.5 Å². The predicted molar refractivity (Wildman–Crippen MR) is 89.9 cm³/mol. The van der Waals surface area contributed by atoms with E-state index in [9.17, 15) is 0 Å². The predicted octanol–water partition coefficient (Wildman–Crippen LogP) is 5.09. The maximum atomic E-state index is 4.32. The minimum Gasteiger partial charge on any atom is -0.261 e. The quantitative estimate of drug-likeness (QED) is 0.793. The summed E-state index contributed by atoms with van der Waals surface area (Å²) in [5.74, 6) is 0. The molecule has 1 heterocycles. The van der Waals surface area contributed by atoms with E-state index in [1.54, 1.807) is 11.9 Å². The SMILES string of the molecule is CC.Cc1ncccc1-c1ccc(SNC(C)C)cc1. The topological polar surface area (TPSA) is 24.9 Å². The normalized spacial score (nSPS) is 10.1. The number of nitrogens with zero attached hydrogens (tertiary/aromatic N) is 1. The molecule has 20 heavy (non-hydrogen) atoms. The fraction of sp³-hybridized carbons (Fsp3) is 0.353. The fourth-order valence-corrected chi connectivity index (χ4v) is 2.32. The highest BCUT2D eigenvalue weighted by molar-refractivity contribution is 7.97. The lowest BCUT2D eigenvalue weighted by Crippen LogP contribution is -2.13. The molecule has 0 fully saturated rings. The summed E-state index contributed by atoms with van der Waals surface area (Å²) in [6.45, 7) is 10.3. The Balaban J connectivity index is 0.000000956. The number of hydrogen-bond acceptors (Lipinski definition) is 3. The summed E-state index contributed by atoms with van der Waals surface area (Å²) < 4.78 is 3.34. The second kappa shape index (κ2) is 8.77. The molecule has 3 heteroatoms. The van der Waals surface area contributed by atoms with E-state index >= 15 is 0 Å². The fourth-order valence-electron chi connectivity index (χ4n) is 1.68. The number of hydrogen-bond donors (Lipinski definition) is 1. The van der Waals surface area contributed by atoms with E-state index in [2.05, 4.69) is 53.9 Å². The Morgan fingerprint density at radius 3 is 2.25 bits per heavy atom. The third kappa shape index (κ3) is 4.99. The molecule has 0 atom stereocenters. The molecule has 2 rings (SSSR count). The van der Waals surface area contributed by atoms with Gasteiger partial charge in [0.1, 0.15) is 0 Å². The van der Waals surface area contributed by atoms with Crippen LogP contribution in [0.3, 0.4) is 0 Å². The van der Waals surface area contributed by atoms with Crippen LogP contribution in [-0.2, 0) is 0 Å². The number of aromatic nitrogens is 1. The lowest BCUT2D eigenvalue weighted by atomic mass is 10.1. The standard InChI is InChI=1S/C15H18N2S.C2H6/c1-11(2)17-18-14-8-6-13(7-9-14)15-5-4-10-16-12(15)3;1-2/h4-11,17H,1-3H3;1-2H3. The molecular weight excluding hydrogens is 264 g/mol. The average Bonchev–Trinajstić information content (AvgIpc) is 2.48. The van der Waals surface area contributed by atoms with Crippen LogP contribution in [0, 0.1) is 6.92 Å². The minimum atomic E-state index is 0.482. The first-order chi connectivity index (χ1) is 9.66. The van der Waals surface area contributed by atoms with Crippen LogP contribution in [0.2, 0.25) is 0 Å². The molecule has 0 unspecified atom stereocenters. The van der Waals surface area contributed by atoms with Crippen LogP contribution in [0.15, 0.2) is 47.5 Å². The van der Waals surface area contributed by atoms with Crippen LogP contribution >= 0.6 is 11.9 Å². The molecule has 1 aromatic heterocycles. The van der Waals surface area contributed by atoms with E-state index in [0.29, 0.717) is 6.04 Å². The van der Waals surface area contributed by atoms with Crippen LogP contribution in [-0.4, -0.2) is 11.0 Å². The molecule has 0 amide bonds. The molecule has 1 aromatic carbocycles. The molecule has 0 aliphatic carbocycles. The molecule has 0 saturated carbocycles. The Morgan fingerprint density at radius 1 is 1.05 bits per heavy atom. The van der Waals surface area contributed by atoms with Gasteiger partial charge in [0.2, 0.25) is 0 Å². The van der Waals surface area contributed by atoms with Crippen LogP contribution in [0.25, 0.3) is 11.1 Å². The Hall–Kier alpha value is -1.32. The van der Waals surface area contributed by atoms with Crippen LogP contribution in [0.1, 0.15) is 33.4 Å². The van der Waals surface area contributed by atoms with Crippen molar-refractivity contribution in [3.8, 4) is 11.1 Å². The third-order valence-corrected chi connectivity index (χ3v) is 3.68. The third-order valence-electron chi connectivity index (χ3n) is 2.58. The zero-order chi connectivity index (χ0) is 15.0. The number of aryl methyl sites for hydroxylation is 1. The van der Waals surface area contributed by atoms with E-state index < -0.39 is 0 Å². The van der Waals surface area contributed by atoms with Crippen molar-refractivity contribution in [1.82, 2.24) is 9.71 Å². The Kier molecular flexibility index (Phi) is 7.34. The molecule has 0 bridgehead atoms. The summed E-state index contributed by atoms with van der Waals surface area (Å²) in [7, 11) is 0. The second-order valence-electron chi connectivity index (χ2n) is 4.54. The first kappa shape index (κ1) is 16.7. The number of benzene rings is 1. The molecular formula is C17H24N2S. The van der Waals surface area contributed by atoms with Crippen molar-refractivity contribution in [3.63, 3.8) is 0 Å². The van der Waals surface area contributed by atoms with Crippen molar-refractivity contribution >= 4 is 11.9 Å². The van der Waals surface area contributed by atoms with E-state index in [1.807, 2.05) is 33.0 Å². The van der Waals surface area contributed by atoms with E-state index in [1.165, 1.54) is 16.0 Å². The van der Waals surface area contributed by atoms with Gasteiger partial charge in [-0.15, -0.1) is 0 Å². The minimum absolute atomic E-state index is 0.482. The van der Waals surface area contributed by atoms with Gasteiger partial charge >= 0.3 is 0 Å². The molecule has 108 valence electrons. The maximum Gasteiger partial charge on any atom is 0.0450 e. The summed E-state index contributed by atoms with van der Waals surface area (Å²) in [4.78, 5) is 5.55. The Bertz CT molecular complexity index is 507. The molecule has 2 aromatic rings. The summed E-state index contributed by atoms with van der Waals surface area (Å²) >= 11 is 1.67. The molecule has 0 aliphatic heterocycles. The summed E-state index contributed by atoms with van der Waals surface area (Å²) in [5, 5.41) is 0. The van der Waals surface area contributed by atoms with Crippen molar-refractivity contribution in [2.45, 2.75) is 45.6 Å². The van der Waals surface area contributed by atoms with E-state index in [4.69, 9.17) is 0 Å². The first-order valence-corrected chi connectivity index (χ1v) is 7.93. The molecule has 0 saturated heterocycles. The van der Waals surface area contributed by atoms with Crippen LogP contribution in [0.5, 0.6) is 0 Å². The van der Waals surface area contributed by atoms with E-state index in [0.717, 1.165) is 5.69 Å². The van der Waals surface area contributed by atoms with Crippen molar-refractivity contribution < 1.29 is 0 Å². The van der Waals surface area contributed by atoms with Gasteiger partial charge in [0.25, 0.3) is 0 Å². The van der Waals surface area contributed by atoms with Crippen LogP contribution < -0.4 is 4.72 Å². The van der Waals surface area contributed by atoms with Crippen molar-refractivity contribution in [2.75, 3.05) is 0 Å². The van der Waals surface area contributed by atoms with Gasteiger partial charge in [0.05, 0.1) is 0 Å². The van der Waals surface area contributed by atoms with Crippen LogP contribution in [0.4, 0.5) is 0 Å². The summed E-state index contributed by atoms with van der Waals surface area (Å²) in [6, 6.07) is 13.1. The highest BCUT2D eigenvalue weighted by Crippen LogP contribution is 2.24. The molecule has 0 aliphatic rings. The lowest BCUT2D eigenvalue weighted by Gasteiger charge is -2.08. The summed E-state index contributed by atoms with van der Waals surface area (Å²) in [5.41, 5.74) is 3.48. The number of rotatable bonds is 4. The van der Waals surface area contributed by atoms with Gasteiger partial charge in [-0.2, -0.15) is 0 Å². The Labute approximate surface area is 127 Å². The van der Waals surface area contributed by atoms with Crippen molar-refractivity contribution in [3.05, 3.63) is 48.3 Å². The number of nitrogens with one attached hydrogen (secondary N) is 1. The maximum absolute atomic E-state index is 4.32. The molecule has 1 N–H and O–H groups in total. The van der Waals surface area contributed by atoms with E-state index in [-0.39, 0.29) is 0 Å². The van der Waals surface area contributed by atoms with Gasteiger partial charge in [0.15, 0.2) is 0 Å². The van der Waals surface area contributed by atoms with Gasteiger partial charge in [-0.1, -0.05) is 32.0 Å². The lowest BCUT2D eigenvalue weighted by molar-refractivity contribution is 0.771. The molecule has 2 nitrogen and oxygen atoms in total. The largest absolute Gasteiger partial charge is 0.261 e. The van der Waals surface area contributed by atoms with Crippen molar-refractivity contribution in [1.29, 1.82) is 0 Å². The highest BCUT2D eigenvalue weighted by Gasteiger charge is 2.02. The second-order valence-corrected chi connectivity index (χ2v) is 5.45. The highest BCUT2D eigenvalue weighted by atomic mass is 32.2. The Morgan fingerprint density at radius 2 is 1.70 bits per heavy atom. The number of pyridine rings is 1. The zero-order valence-corrected chi connectivity index (χ0v) is 13.8. The van der Waals surface area contributed by atoms with Gasteiger partial charge in [0, 0.05) is 28.4 Å². The first-order valence-electron chi connectivity index (χ1n) is 7.11. The summed E-state index contributed by atoms with van der Waals surface area (Å²) in [6.07, 6.45) is 1.83. The van der Waals surface area contributed by atoms with Crippen molar-refractivity contribution in [2.24, 2.45) is 0 Å². The van der Waals surface area contributed by atoms with Gasteiger partial charge < -0.3 is 0 Å².